The molecule has 0 bridgehead atoms. The molecule has 21 heavy (non-hydrogen) atoms. The van der Waals surface area contributed by atoms with Crippen LogP contribution in [0.2, 0.25) is 0 Å². The maximum absolute atomic E-state index is 12.8. The zero-order chi connectivity index (χ0) is 15.4. The molecule has 0 amide bonds. The maximum atomic E-state index is 12.8. The van der Waals surface area contributed by atoms with Crippen LogP contribution >= 0.6 is 0 Å². The van der Waals surface area contributed by atoms with Gasteiger partial charge in [0.15, 0.2) is 0 Å². The first-order valence-electron chi connectivity index (χ1n) is 7.92. The van der Waals surface area contributed by atoms with Crippen molar-refractivity contribution in [1.29, 1.82) is 0 Å². The lowest BCUT2D eigenvalue weighted by molar-refractivity contribution is 0.0477. The summed E-state index contributed by atoms with van der Waals surface area (Å²) in [5.74, 6) is 0. The van der Waals surface area contributed by atoms with Crippen molar-refractivity contribution in [2.24, 2.45) is 0 Å². The molecular formula is C18H25NO2. The second-order valence-electron chi connectivity index (χ2n) is 5.72. The van der Waals surface area contributed by atoms with Crippen molar-refractivity contribution >= 4 is 10.8 Å². The van der Waals surface area contributed by atoms with Gasteiger partial charge in [-0.1, -0.05) is 44.9 Å². The summed E-state index contributed by atoms with van der Waals surface area (Å²) in [4.78, 5) is 18.6. The first-order valence-corrected chi connectivity index (χ1v) is 7.92. The molecule has 114 valence electrons. The Bertz CT molecular complexity index is 671. The molecule has 1 aromatic carbocycles. The van der Waals surface area contributed by atoms with E-state index in [4.69, 9.17) is 4.84 Å². The average Bonchev–Trinajstić information content (AvgIpc) is 2.47. The lowest BCUT2D eigenvalue weighted by Crippen LogP contribution is -2.34. The van der Waals surface area contributed by atoms with Crippen LogP contribution in [-0.2, 0) is 12.8 Å². The number of fused-ring (bicyclic) bond motifs is 1. The van der Waals surface area contributed by atoms with Gasteiger partial charge in [0.05, 0.1) is 11.1 Å². The van der Waals surface area contributed by atoms with Gasteiger partial charge in [0.1, 0.15) is 6.10 Å². The summed E-state index contributed by atoms with van der Waals surface area (Å²) < 4.78 is 1.54. The van der Waals surface area contributed by atoms with E-state index in [-0.39, 0.29) is 11.7 Å². The molecule has 0 saturated carbocycles. The third kappa shape index (κ3) is 3.12. The molecule has 0 unspecified atom stereocenters. The molecule has 0 saturated heterocycles. The standard InChI is InChI=1S/C18H25NO2/c1-5-9-15-14-11-7-8-12-16(14)18(20)19(21-13(3)4)17(15)10-6-2/h7-8,11-13H,5-6,9-10H2,1-4H3. The van der Waals surface area contributed by atoms with Gasteiger partial charge in [-0.15, -0.1) is 4.73 Å². The van der Waals surface area contributed by atoms with E-state index < -0.39 is 0 Å². The van der Waals surface area contributed by atoms with Gasteiger partial charge in [-0.05, 0) is 43.7 Å². The lowest BCUT2D eigenvalue weighted by Gasteiger charge is -2.21. The molecule has 0 aliphatic rings. The first kappa shape index (κ1) is 15.6. The minimum atomic E-state index is -0.0393. The van der Waals surface area contributed by atoms with Crippen LogP contribution < -0.4 is 10.4 Å². The van der Waals surface area contributed by atoms with Crippen molar-refractivity contribution < 1.29 is 4.84 Å². The van der Waals surface area contributed by atoms with Crippen LogP contribution in [0.15, 0.2) is 29.1 Å². The van der Waals surface area contributed by atoms with Gasteiger partial charge in [0.25, 0.3) is 5.56 Å². The van der Waals surface area contributed by atoms with Gasteiger partial charge >= 0.3 is 0 Å². The Morgan fingerprint density at radius 2 is 1.67 bits per heavy atom. The topological polar surface area (TPSA) is 31.2 Å². The van der Waals surface area contributed by atoms with Crippen LogP contribution in [0.5, 0.6) is 0 Å². The molecule has 0 fully saturated rings. The molecule has 2 rings (SSSR count). The SMILES string of the molecule is CCCc1c(CCC)n(OC(C)C)c(=O)c2ccccc12. The molecule has 1 heterocycles. The largest absolute Gasteiger partial charge is 0.408 e. The van der Waals surface area contributed by atoms with Crippen molar-refractivity contribution in [1.82, 2.24) is 4.73 Å². The van der Waals surface area contributed by atoms with Crippen LogP contribution in [0.1, 0.15) is 51.8 Å². The van der Waals surface area contributed by atoms with E-state index in [1.54, 1.807) is 4.73 Å². The molecule has 0 N–H and O–H groups in total. The third-order valence-corrected chi connectivity index (χ3v) is 3.56. The average molecular weight is 287 g/mol. The Morgan fingerprint density at radius 3 is 2.24 bits per heavy atom. The maximum Gasteiger partial charge on any atom is 0.291 e. The van der Waals surface area contributed by atoms with E-state index in [2.05, 4.69) is 19.9 Å². The molecule has 0 aliphatic carbocycles. The molecule has 3 nitrogen and oxygen atoms in total. The summed E-state index contributed by atoms with van der Waals surface area (Å²) in [5.41, 5.74) is 2.26. The number of aryl methyl sites for hydroxylation is 1. The number of hydrogen-bond donors (Lipinski definition) is 0. The number of pyridine rings is 1. The number of rotatable bonds is 6. The van der Waals surface area contributed by atoms with Crippen LogP contribution in [0.3, 0.4) is 0 Å². The Balaban J connectivity index is 2.81. The van der Waals surface area contributed by atoms with Crippen molar-refractivity contribution in [3.8, 4) is 0 Å². The number of aromatic nitrogens is 1. The molecule has 0 spiro atoms. The smallest absolute Gasteiger partial charge is 0.291 e. The molecular weight excluding hydrogens is 262 g/mol. The normalized spacial score (nSPS) is 11.3. The van der Waals surface area contributed by atoms with E-state index in [1.807, 2.05) is 32.0 Å². The fourth-order valence-electron chi connectivity index (χ4n) is 2.78. The van der Waals surface area contributed by atoms with Crippen molar-refractivity contribution in [3.05, 3.63) is 45.9 Å². The fraction of sp³-hybridized carbons (Fsp3) is 0.500. The van der Waals surface area contributed by atoms with Gasteiger partial charge in [0.2, 0.25) is 0 Å². The van der Waals surface area contributed by atoms with Crippen LogP contribution in [0, 0.1) is 0 Å². The van der Waals surface area contributed by atoms with Gasteiger partial charge < -0.3 is 4.84 Å². The molecule has 0 radical (unpaired) electrons. The Hall–Kier alpha value is -1.77. The lowest BCUT2D eigenvalue weighted by atomic mass is 9.98. The van der Waals surface area contributed by atoms with Crippen molar-refractivity contribution in [2.75, 3.05) is 0 Å². The minimum Gasteiger partial charge on any atom is -0.408 e. The minimum absolute atomic E-state index is 0.0195. The van der Waals surface area contributed by atoms with E-state index in [0.717, 1.165) is 42.1 Å². The Kier molecular flexibility index (Phi) is 5.05. The third-order valence-electron chi connectivity index (χ3n) is 3.56. The number of benzene rings is 1. The van der Waals surface area contributed by atoms with Gasteiger partial charge in [-0.3, -0.25) is 4.79 Å². The first-order chi connectivity index (χ1) is 10.1. The second-order valence-corrected chi connectivity index (χ2v) is 5.72. The van der Waals surface area contributed by atoms with Crippen molar-refractivity contribution in [3.63, 3.8) is 0 Å². The highest BCUT2D eigenvalue weighted by Crippen LogP contribution is 2.22. The molecule has 2 aromatic rings. The summed E-state index contributed by atoms with van der Waals surface area (Å²) in [6.07, 6.45) is 3.87. The summed E-state index contributed by atoms with van der Waals surface area (Å²) >= 11 is 0. The van der Waals surface area contributed by atoms with E-state index in [9.17, 15) is 4.79 Å². The van der Waals surface area contributed by atoms with Gasteiger partial charge in [0, 0.05) is 0 Å². The number of nitrogens with zero attached hydrogens (tertiary/aromatic N) is 1. The zero-order valence-electron chi connectivity index (χ0n) is 13.5. The van der Waals surface area contributed by atoms with Crippen LogP contribution in [0.25, 0.3) is 10.8 Å². The van der Waals surface area contributed by atoms with Crippen molar-refractivity contribution in [2.45, 2.75) is 59.5 Å². The van der Waals surface area contributed by atoms with Crippen LogP contribution in [0.4, 0.5) is 0 Å². The predicted molar refractivity (Wildman–Crippen MR) is 87.9 cm³/mol. The number of hydrogen-bond acceptors (Lipinski definition) is 2. The summed E-state index contributed by atoms with van der Waals surface area (Å²) in [6.45, 7) is 8.21. The van der Waals surface area contributed by atoms with Gasteiger partial charge in [-0.25, -0.2) is 0 Å². The predicted octanol–water partition coefficient (Wildman–Crippen LogP) is 3.74. The van der Waals surface area contributed by atoms with Crippen LogP contribution in [-0.4, -0.2) is 10.8 Å². The Labute approximate surface area is 126 Å². The highest BCUT2D eigenvalue weighted by molar-refractivity contribution is 5.85. The highest BCUT2D eigenvalue weighted by atomic mass is 16.7. The highest BCUT2D eigenvalue weighted by Gasteiger charge is 2.17. The Morgan fingerprint density at radius 1 is 1.05 bits per heavy atom. The second kappa shape index (κ2) is 6.79. The fourth-order valence-corrected chi connectivity index (χ4v) is 2.78. The molecule has 0 atom stereocenters. The monoisotopic (exact) mass is 287 g/mol. The quantitative estimate of drug-likeness (QED) is 0.810. The molecule has 1 aromatic heterocycles. The molecule has 3 heteroatoms. The summed E-state index contributed by atoms with van der Waals surface area (Å²) in [6, 6.07) is 7.87. The van der Waals surface area contributed by atoms with E-state index in [1.165, 1.54) is 5.56 Å². The zero-order valence-corrected chi connectivity index (χ0v) is 13.5. The molecule has 0 aliphatic heterocycles. The van der Waals surface area contributed by atoms with E-state index >= 15 is 0 Å². The summed E-state index contributed by atoms with van der Waals surface area (Å²) in [7, 11) is 0. The van der Waals surface area contributed by atoms with E-state index in [0.29, 0.717) is 0 Å². The van der Waals surface area contributed by atoms with Gasteiger partial charge in [-0.2, -0.15) is 0 Å². The summed E-state index contributed by atoms with van der Waals surface area (Å²) in [5, 5.41) is 1.83.